The lowest BCUT2D eigenvalue weighted by atomic mass is 9.49. The Kier molecular flexibility index (Phi) is 4.71. The van der Waals surface area contributed by atoms with Gasteiger partial charge in [0.1, 0.15) is 0 Å². The molecule has 8 atom stereocenters. The summed E-state index contributed by atoms with van der Waals surface area (Å²) in [5.74, 6) is 6.31. The van der Waals surface area contributed by atoms with Gasteiger partial charge in [0.05, 0.1) is 12.7 Å². The van der Waals surface area contributed by atoms with Crippen LogP contribution in [0.5, 0.6) is 0 Å². The summed E-state index contributed by atoms with van der Waals surface area (Å²) in [6, 6.07) is 0. The summed E-state index contributed by atoms with van der Waals surface area (Å²) in [7, 11) is 0. The fourth-order valence-electron chi connectivity index (χ4n) is 8.44. The zero-order valence-corrected chi connectivity index (χ0v) is 18.1. The Morgan fingerprint density at radius 1 is 1.11 bits per heavy atom. The largest absolute Gasteiger partial charge is 0.297 e. The lowest BCUT2D eigenvalue weighted by Crippen LogP contribution is -2.49. The van der Waals surface area contributed by atoms with Crippen molar-refractivity contribution in [1.29, 1.82) is 0 Å². The summed E-state index contributed by atoms with van der Waals surface area (Å²) >= 11 is 0. The summed E-state index contributed by atoms with van der Waals surface area (Å²) in [5, 5.41) is 4.37. The highest BCUT2D eigenvalue weighted by Crippen LogP contribution is 2.64. The smallest absolute Gasteiger partial charge is 0.157 e. The zero-order chi connectivity index (χ0) is 19.5. The molecule has 0 amide bonds. The molecular weight excluding hydrogens is 344 g/mol. The van der Waals surface area contributed by atoms with E-state index in [0.717, 1.165) is 47.5 Å². The fourth-order valence-corrected chi connectivity index (χ4v) is 8.44. The predicted octanol–water partition coefficient (Wildman–Crippen LogP) is 5.67. The standard InChI is InChI=1S/C25H38N2O/c1-16-4-6-19-18(12-16)5-7-21-20(19)10-11-25(3)22(21)8-9-23(25)24(28)15-27-14-17(2)13-26-27/h13-14,16,18-23H,4-12,15H2,1-3H3. The van der Waals surface area contributed by atoms with Gasteiger partial charge in [0.2, 0.25) is 0 Å². The number of nitrogens with zero attached hydrogens (tertiary/aromatic N) is 2. The normalized spacial score (nSPS) is 45.2. The molecule has 5 rings (SSSR count). The molecule has 0 aromatic carbocycles. The van der Waals surface area contributed by atoms with Crippen molar-refractivity contribution in [3.63, 3.8) is 0 Å². The minimum absolute atomic E-state index is 0.245. The second-order valence-electron chi connectivity index (χ2n) is 11.2. The van der Waals surface area contributed by atoms with Crippen LogP contribution in [0.1, 0.15) is 77.2 Å². The first kappa shape index (κ1) is 18.9. The summed E-state index contributed by atoms with van der Waals surface area (Å²) in [5.41, 5.74) is 1.39. The van der Waals surface area contributed by atoms with Crippen LogP contribution >= 0.6 is 0 Å². The van der Waals surface area contributed by atoms with E-state index in [1.807, 2.05) is 24.0 Å². The number of rotatable bonds is 3. The van der Waals surface area contributed by atoms with Crippen molar-refractivity contribution in [3.8, 4) is 0 Å². The molecule has 0 N–H and O–H groups in total. The molecule has 0 spiro atoms. The van der Waals surface area contributed by atoms with Gasteiger partial charge in [-0.25, -0.2) is 0 Å². The maximum absolute atomic E-state index is 13.2. The van der Waals surface area contributed by atoms with Crippen molar-refractivity contribution in [2.24, 2.45) is 46.8 Å². The first-order chi connectivity index (χ1) is 13.5. The maximum atomic E-state index is 13.2. The number of Topliss-reactive ketones (excluding diaryl/α,β-unsaturated/α-hetero) is 1. The summed E-state index contributed by atoms with van der Waals surface area (Å²) < 4.78 is 1.86. The second kappa shape index (κ2) is 6.99. The first-order valence-corrected chi connectivity index (χ1v) is 12.0. The number of aromatic nitrogens is 2. The van der Waals surface area contributed by atoms with Gasteiger partial charge in [-0.3, -0.25) is 9.48 Å². The lowest BCUT2D eigenvalue weighted by Gasteiger charge is -2.56. The number of fused-ring (bicyclic) bond motifs is 5. The van der Waals surface area contributed by atoms with E-state index < -0.39 is 0 Å². The van der Waals surface area contributed by atoms with Crippen LogP contribution in [-0.4, -0.2) is 15.6 Å². The van der Waals surface area contributed by atoms with Gasteiger partial charge in [0.15, 0.2) is 5.78 Å². The monoisotopic (exact) mass is 382 g/mol. The summed E-state index contributed by atoms with van der Waals surface area (Å²) in [6.07, 6.45) is 16.3. The van der Waals surface area contributed by atoms with Crippen molar-refractivity contribution < 1.29 is 4.79 Å². The third-order valence-corrected chi connectivity index (χ3v) is 9.69. The molecule has 4 aliphatic carbocycles. The number of carbonyl (C=O) groups excluding carboxylic acids is 1. The van der Waals surface area contributed by atoms with E-state index >= 15 is 0 Å². The zero-order valence-electron chi connectivity index (χ0n) is 18.1. The number of ketones is 1. The average Bonchev–Trinajstić information content (AvgIpc) is 3.23. The highest BCUT2D eigenvalue weighted by atomic mass is 16.1. The molecular formula is C25H38N2O. The molecule has 0 saturated heterocycles. The Hall–Kier alpha value is -1.12. The third kappa shape index (κ3) is 2.99. The molecule has 1 aromatic heterocycles. The second-order valence-corrected chi connectivity index (χ2v) is 11.2. The highest BCUT2D eigenvalue weighted by molar-refractivity contribution is 5.82. The Balaban J connectivity index is 1.32. The molecule has 0 bridgehead atoms. The minimum Gasteiger partial charge on any atom is -0.297 e. The lowest BCUT2D eigenvalue weighted by molar-refractivity contribution is -0.131. The molecule has 8 unspecified atom stereocenters. The third-order valence-electron chi connectivity index (χ3n) is 9.69. The van der Waals surface area contributed by atoms with Crippen LogP contribution in [0.25, 0.3) is 0 Å². The average molecular weight is 383 g/mol. The number of aryl methyl sites for hydroxylation is 1. The SMILES string of the molecule is Cc1cnn(CC(=O)C2CCC3C4CCC5CC(C)CCC5C4CCC23C)c1. The van der Waals surface area contributed by atoms with Crippen LogP contribution in [0.15, 0.2) is 12.4 Å². The van der Waals surface area contributed by atoms with Crippen LogP contribution in [0.4, 0.5) is 0 Å². The Morgan fingerprint density at radius 3 is 2.71 bits per heavy atom. The molecule has 3 heteroatoms. The van der Waals surface area contributed by atoms with E-state index in [1.165, 1.54) is 51.4 Å². The van der Waals surface area contributed by atoms with E-state index in [1.54, 1.807) is 0 Å². The van der Waals surface area contributed by atoms with E-state index in [2.05, 4.69) is 18.9 Å². The molecule has 0 radical (unpaired) electrons. The van der Waals surface area contributed by atoms with Gasteiger partial charge in [0, 0.05) is 12.1 Å². The van der Waals surface area contributed by atoms with E-state index in [-0.39, 0.29) is 11.3 Å². The van der Waals surface area contributed by atoms with E-state index in [4.69, 9.17) is 0 Å². The molecule has 28 heavy (non-hydrogen) atoms. The van der Waals surface area contributed by atoms with Crippen LogP contribution < -0.4 is 0 Å². The Labute approximate surface area is 170 Å². The molecule has 1 aromatic rings. The molecule has 0 aliphatic heterocycles. The molecule has 4 saturated carbocycles. The Bertz CT molecular complexity index is 739. The van der Waals surface area contributed by atoms with Crippen LogP contribution in [-0.2, 0) is 11.3 Å². The van der Waals surface area contributed by atoms with Crippen molar-refractivity contribution >= 4 is 5.78 Å². The summed E-state index contributed by atoms with van der Waals surface area (Å²) in [6.45, 7) is 7.46. The van der Waals surface area contributed by atoms with E-state index in [0.29, 0.717) is 12.3 Å². The van der Waals surface area contributed by atoms with Crippen molar-refractivity contribution in [2.75, 3.05) is 0 Å². The van der Waals surface area contributed by atoms with Crippen LogP contribution in [0.3, 0.4) is 0 Å². The van der Waals surface area contributed by atoms with Gasteiger partial charge in [-0.05, 0) is 105 Å². The predicted molar refractivity (Wildman–Crippen MR) is 112 cm³/mol. The van der Waals surface area contributed by atoms with Crippen molar-refractivity contribution in [1.82, 2.24) is 9.78 Å². The number of hydrogen-bond acceptors (Lipinski definition) is 2. The quantitative estimate of drug-likeness (QED) is 0.675. The van der Waals surface area contributed by atoms with Gasteiger partial charge < -0.3 is 0 Å². The summed E-state index contributed by atoms with van der Waals surface area (Å²) in [4.78, 5) is 13.2. The molecule has 4 aliphatic rings. The molecule has 1 heterocycles. The topological polar surface area (TPSA) is 34.9 Å². The highest BCUT2D eigenvalue weighted by Gasteiger charge is 2.58. The number of carbonyl (C=O) groups is 1. The minimum atomic E-state index is 0.245. The maximum Gasteiger partial charge on any atom is 0.157 e. The first-order valence-electron chi connectivity index (χ1n) is 12.0. The molecule has 154 valence electrons. The van der Waals surface area contributed by atoms with Gasteiger partial charge in [-0.15, -0.1) is 0 Å². The number of hydrogen-bond donors (Lipinski definition) is 0. The van der Waals surface area contributed by atoms with Gasteiger partial charge in [0.25, 0.3) is 0 Å². The molecule has 3 nitrogen and oxygen atoms in total. The van der Waals surface area contributed by atoms with Crippen molar-refractivity contribution in [2.45, 2.75) is 85.1 Å². The van der Waals surface area contributed by atoms with Gasteiger partial charge >= 0.3 is 0 Å². The fraction of sp³-hybridized carbons (Fsp3) is 0.840. The van der Waals surface area contributed by atoms with Gasteiger partial charge in [-0.1, -0.05) is 20.3 Å². The van der Waals surface area contributed by atoms with E-state index in [9.17, 15) is 4.79 Å². The molecule has 4 fully saturated rings. The van der Waals surface area contributed by atoms with Crippen LogP contribution in [0, 0.1) is 53.8 Å². The van der Waals surface area contributed by atoms with Crippen LogP contribution in [0.2, 0.25) is 0 Å². The van der Waals surface area contributed by atoms with Gasteiger partial charge in [-0.2, -0.15) is 5.10 Å². The van der Waals surface area contributed by atoms with Crippen molar-refractivity contribution in [3.05, 3.63) is 18.0 Å². The Morgan fingerprint density at radius 2 is 1.93 bits per heavy atom.